The molecule has 1 spiro atoms. The number of carbonyl (C=O) groups excluding carboxylic acids is 1. The number of amides is 2. The molecule has 1 atom stereocenters. The molecule has 31 heavy (non-hydrogen) atoms. The van der Waals surface area contributed by atoms with Crippen molar-refractivity contribution in [2.75, 3.05) is 45.9 Å². The number of fused-ring (bicyclic) bond motifs is 2. The van der Waals surface area contributed by atoms with E-state index in [0.29, 0.717) is 25.7 Å². The summed E-state index contributed by atoms with van der Waals surface area (Å²) in [4.78, 5) is 19.3. The Labute approximate surface area is 186 Å². The van der Waals surface area contributed by atoms with Gasteiger partial charge in [-0.1, -0.05) is 24.3 Å². The van der Waals surface area contributed by atoms with Gasteiger partial charge in [0, 0.05) is 50.8 Å². The second-order valence-electron chi connectivity index (χ2n) is 9.21. The zero-order chi connectivity index (χ0) is 21.8. The second kappa shape index (κ2) is 9.86. The molecular formula is C24H38N4O3. The van der Waals surface area contributed by atoms with E-state index in [-0.39, 0.29) is 11.4 Å². The van der Waals surface area contributed by atoms with Crippen LogP contribution in [0.3, 0.4) is 0 Å². The van der Waals surface area contributed by atoms with Gasteiger partial charge in [-0.25, -0.2) is 4.79 Å². The number of rotatable bonds is 5. The number of urea groups is 1. The Bertz CT molecular complexity index is 742. The highest BCUT2D eigenvalue weighted by molar-refractivity contribution is 5.74. The quantitative estimate of drug-likeness (QED) is 0.702. The van der Waals surface area contributed by atoms with Gasteiger partial charge in [0.15, 0.2) is 0 Å². The summed E-state index contributed by atoms with van der Waals surface area (Å²) < 4.78 is 5.35. The minimum Gasteiger partial charge on any atom is -0.356 e. The Balaban J connectivity index is 1.40. The van der Waals surface area contributed by atoms with Gasteiger partial charge in [0.1, 0.15) is 0 Å². The summed E-state index contributed by atoms with van der Waals surface area (Å²) in [6.45, 7) is 10.5. The van der Waals surface area contributed by atoms with Gasteiger partial charge in [0.25, 0.3) is 0 Å². The average molecular weight is 431 g/mol. The average Bonchev–Trinajstić information content (AvgIpc) is 2.80. The number of aliphatic hydroxyl groups excluding tert-OH is 1. The smallest absolute Gasteiger partial charge is 0.317 e. The van der Waals surface area contributed by atoms with Gasteiger partial charge < -0.3 is 25.0 Å². The van der Waals surface area contributed by atoms with Crippen LogP contribution in [0.4, 0.5) is 4.79 Å². The van der Waals surface area contributed by atoms with Gasteiger partial charge >= 0.3 is 6.03 Å². The number of nitrogens with one attached hydrogen (secondary N) is 1. The van der Waals surface area contributed by atoms with Crippen molar-refractivity contribution in [2.24, 2.45) is 0 Å². The minimum absolute atomic E-state index is 0.0547. The van der Waals surface area contributed by atoms with Crippen molar-refractivity contribution in [1.29, 1.82) is 0 Å². The number of nitrogens with zero attached hydrogens (tertiary/aromatic N) is 3. The standard InChI is InChI=1S/C24H38N4O3/c1-3-25-22(29)28-17-19-7-5-6-8-21(19)24(18-28)11-15-26(16-12-24)20-9-13-27(14-10-20)23(30)31-4-2/h5-8,20,23,30H,3-4,9-18H2,1-2H3,(H,25,29). The van der Waals surface area contributed by atoms with Crippen molar-refractivity contribution in [2.45, 2.75) is 63.9 Å². The van der Waals surface area contributed by atoms with Crippen LogP contribution in [0.15, 0.2) is 24.3 Å². The summed E-state index contributed by atoms with van der Waals surface area (Å²) in [6.07, 6.45) is 3.54. The molecule has 2 amide bonds. The molecule has 0 radical (unpaired) electrons. The minimum atomic E-state index is -0.769. The molecule has 2 N–H and O–H groups in total. The molecule has 7 nitrogen and oxygen atoms in total. The molecule has 1 aromatic rings. The van der Waals surface area contributed by atoms with Crippen LogP contribution in [0, 0.1) is 0 Å². The number of hydrogen-bond donors (Lipinski definition) is 2. The largest absolute Gasteiger partial charge is 0.356 e. The van der Waals surface area contributed by atoms with E-state index in [4.69, 9.17) is 4.74 Å². The second-order valence-corrected chi connectivity index (χ2v) is 9.21. The zero-order valence-electron chi connectivity index (χ0n) is 19.1. The van der Waals surface area contributed by atoms with Crippen LogP contribution in [0.25, 0.3) is 0 Å². The van der Waals surface area contributed by atoms with E-state index in [1.54, 1.807) is 0 Å². The lowest BCUT2D eigenvalue weighted by atomic mass is 9.68. The lowest BCUT2D eigenvalue weighted by molar-refractivity contribution is -0.197. The first-order chi connectivity index (χ1) is 15.1. The highest BCUT2D eigenvalue weighted by Gasteiger charge is 2.44. The molecule has 4 rings (SSSR count). The van der Waals surface area contributed by atoms with E-state index in [1.165, 1.54) is 11.1 Å². The van der Waals surface area contributed by atoms with Crippen molar-refractivity contribution in [3.63, 3.8) is 0 Å². The molecule has 0 aliphatic carbocycles. The van der Waals surface area contributed by atoms with E-state index >= 15 is 0 Å². The molecule has 0 saturated carbocycles. The van der Waals surface area contributed by atoms with Gasteiger partial charge in [-0.05, 0) is 63.7 Å². The van der Waals surface area contributed by atoms with Crippen LogP contribution in [0.5, 0.6) is 0 Å². The number of aliphatic hydroxyl groups is 1. The van der Waals surface area contributed by atoms with Gasteiger partial charge in [-0.2, -0.15) is 0 Å². The number of ether oxygens (including phenoxy) is 1. The number of benzene rings is 1. The molecule has 3 aliphatic rings. The summed E-state index contributed by atoms with van der Waals surface area (Å²) in [5, 5.41) is 13.1. The van der Waals surface area contributed by atoms with Crippen molar-refractivity contribution in [3.8, 4) is 0 Å². The molecule has 1 aromatic carbocycles. The molecule has 1 unspecified atom stereocenters. The van der Waals surface area contributed by atoms with Gasteiger partial charge in [0.05, 0.1) is 0 Å². The van der Waals surface area contributed by atoms with Crippen LogP contribution in [0.1, 0.15) is 50.7 Å². The highest BCUT2D eigenvalue weighted by atomic mass is 16.6. The van der Waals surface area contributed by atoms with Crippen LogP contribution in [0.2, 0.25) is 0 Å². The fourth-order valence-corrected chi connectivity index (χ4v) is 5.77. The van der Waals surface area contributed by atoms with E-state index < -0.39 is 6.41 Å². The van der Waals surface area contributed by atoms with Crippen molar-refractivity contribution in [1.82, 2.24) is 20.0 Å². The maximum Gasteiger partial charge on any atom is 0.317 e. The zero-order valence-corrected chi connectivity index (χ0v) is 19.1. The number of piperidine rings is 2. The normalized spacial score (nSPS) is 23.5. The van der Waals surface area contributed by atoms with Crippen LogP contribution >= 0.6 is 0 Å². The third-order valence-corrected chi connectivity index (χ3v) is 7.46. The van der Waals surface area contributed by atoms with Crippen molar-refractivity contribution < 1.29 is 14.6 Å². The molecule has 0 bridgehead atoms. The first-order valence-corrected chi connectivity index (χ1v) is 11.9. The van der Waals surface area contributed by atoms with Crippen LogP contribution in [-0.4, -0.2) is 84.2 Å². The van der Waals surface area contributed by atoms with Crippen LogP contribution < -0.4 is 5.32 Å². The number of carbonyl (C=O) groups is 1. The summed E-state index contributed by atoms with van der Waals surface area (Å²) in [6, 6.07) is 9.34. The van der Waals surface area contributed by atoms with E-state index in [9.17, 15) is 9.90 Å². The van der Waals surface area contributed by atoms with E-state index in [0.717, 1.165) is 58.4 Å². The monoisotopic (exact) mass is 430 g/mol. The van der Waals surface area contributed by atoms with Crippen LogP contribution in [-0.2, 0) is 16.7 Å². The topological polar surface area (TPSA) is 68.3 Å². The van der Waals surface area contributed by atoms with Gasteiger partial charge in [-0.15, -0.1) is 0 Å². The fraction of sp³-hybridized carbons (Fsp3) is 0.708. The Morgan fingerprint density at radius 3 is 2.58 bits per heavy atom. The van der Waals surface area contributed by atoms with Crippen molar-refractivity contribution in [3.05, 3.63) is 35.4 Å². The van der Waals surface area contributed by atoms with Crippen molar-refractivity contribution >= 4 is 6.03 Å². The first-order valence-electron chi connectivity index (χ1n) is 11.9. The lowest BCUT2D eigenvalue weighted by Crippen LogP contribution is -2.57. The number of likely N-dealkylation sites (tertiary alicyclic amines) is 2. The van der Waals surface area contributed by atoms with Gasteiger partial charge in [-0.3, -0.25) is 4.90 Å². The first kappa shape index (κ1) is 22.5. The summed E-state index contributed by atoms with van der Waals surface area (Å²) in [7, 11) is 0. The molecule has 172 valence electrons. The summed E-state index contributed by atoms with van der Waals surface area (Å²) in [5.41, 5.74) is 2.80. The fourth-order valence-electron chi connectivity index (χ4n) is 5.77. The molecule has 2 saturated heterocycles. The SMILES string of the molecule is CCNC(=O)N1Cc2ccccc2C2(CCN(C3CCN(C(O)OCC)CC3)CC2)C1. The Morgan fingerprint density at radius 1 is 1.19 bits per heavy atom. The molecular weight excluding hydrogens is 392 g/mol. The predicted molar refractivity (Wildman–Crippen MR) is 121 cm³/mol. The van der Waals surface area contributed by atoms with E-state index in [1.807, 2.05) is 23.6 Å². The summed E-state index contributed by atoms with van der Waals surface area (Å²) in [5.74, 6) is 0. The van der Waals surface area contributed by atoms with E-state index in [2.05, 4.69) is 34.5 Å². The third kappa shape index (κ3) is 4.75. The summed E-state index contributed by atoms with van der Waals surface area (Å²) >= 11 is 0. The Morgan fingerprint density at radius 2 is 1.90 bits per heavy atom. The molecule has 3 aliphatic heterocycles. The molecule has 7 heteroatoms. The molecule has 0 aromatic heterocycles. The van der Waals surface area contributed by atoms with Gasteiger partial charge in [0.2, 0.25) is 6.41 Å². The Kier molecular flexibility index (Phi) is 7.16. The molecule has 2 fully saturated rings. The lowest BCUT2D eigenvalue weighted by Gasteiger charge is -2.50. The maximum absolute atomic E-state index is 12.6. The third-order valence-electron chi connectivity index (χ3n) is 7.46. The number of hydrogen-bond acceptors (Lipinski definition) is 5. The predicted octanol–water partition coefficient (Wildman–Crippen LogP) is 2.34. The molecule has 3 heterocycles. The highest BCUT2D eigenvalue weighted by Crippen LogP contribution is 2.42. The maximum atomic E-state index is 12.6. The Hall–Kier alpha value is -1.67.